The zero-order chi connectivity index (χ0) is 19.1. The molecule has 142 valence electrons. The van der Waals surface area contributed by atoms with E-state index in [0.29, 0.717) is 25.9 Å². The van der Waals surface area contributed by atoms with Gasteiger partial charge in [-0.1, -0.05) is 30.3 Å². The van der Waals surface area contributed by atoms with E-state index in [9.17, 15) is 9.59 Å². The van der Waals surface area contributed by atoms with Crippen molar-refractivity contribution in [2.75, 3.05) is 25.1 Å². The number of benzene rings is 2. The van der Waals surface area contributed by atoms with Crippen LogP contribution in [0.3, 0.4) is 0 Å². The maximum Gasteiger partial charge on any atom is 0.227 e. The van der Waals surface area contributed by atoms with Gasteiger partial charge in [-0.3, -0.25) is 9.59 Å². The van der Waals surface area contributed by atoms with Gasteiger partial charge < -0.3 is 15.0 Å². The number of anilines is 1. The number of nitrogens with zero attached hydrogens (tertiary/aromatic N) is 1. The van der Waals surface area contributed by atoms with E-state index in [0.717, 1.165) is 24.3 Å². The number of methoxy groups -OCH3 is 1. The van der Waals surface area contributed by atoms with Gasteiger partial charge in [-0.05, 0) is 42.7 Å². The minimum Gasteiger partial charge on any atom is -0.497 e. The lowest BCUT2D eigenvalue weighted by Crippen LogP contribution is -2.31. The van der Waals surface area contributed by atoms with E-state index in [1.165, 1.54) is 5.56 Å². The first-order valence-electron chi connectivity index (χ1n) is 9.41. The average Bonchev–Trinajstić information content (AvgIpc) is 3.08. The van der Waals surface area contributed by atoms with Gasteiger partial charge in [-0.15, -0.1) is 0 Å². The van der Waals surface area contributed by atoms with E-state index in [4.69, 9.17) is 4.74 Å². The highest BCUT2D eigenvalue weighted by Crippen LogP contribution is 2.26. The molecule has 0 radical (unpaired) electrons. The topological polar surface area (TPSA) is 58.6 Å². The summed E-state index contributed by atoms with van der Waals surface area (Å²) in [5, 5.41) is 2.98. The van der Waals surface area contributed by atoms with Crippen LogP contribution >= 0.6 is 0 Å². The van der Waals surface area contributed by atoms with Gasteiger partial charge >= 0.3 is 0 Å². The molecule has 0 saturated carbocycles. The van der Waals surface area contributed by atoms with Gasteiger partial charge in [0.05, 0.1) is 7.11 Å². The molecule has 1 fully saturated rings. The first kappa shape index (κ1) is 19.0. The minimum absolute atomic E-state index is 0.0567. The number of amides is 2. The SMILES string of the molecule is COc1ccc(N2CC(CNC(=O)CCCc3ccccc3)CC2=O)cc1. The van der Waals surface area contributed by atoms with Crippen molar-refractivity contribution in [3.63, 3.8) is 0 Å². The molecule has 3 rings (SSSR count). The summed E-state index contributed by atoms with van der Waals surface area (Å²) >= 11 is 0. The van der Waals surface area contributed by atoms with Crippen LogP contribution in [-0.4, -0.2) is 32.0 Å². The number of aryl methyl sites for hydroxylation is 1. The number of carbonyl (C=O) groups is 2. The molecule has 0 bridgehead atoms. The largest absolute Gasteiger partial charge is 0.497 e. The Kier molecular flexibility index (Phi) is 6.47. The lowest BCUT2D eigenvalue weighted by molar-refractivity contribution is -0.121. The van der Waals surface area contributed by atoms with Gasteiger partial charge in [0.25, 0.3) is 0 Å². The fourth-order valence-corrected chi connectivity index (χ4v) is 3.37. The van der Waals surface area contributed by atoms with E-state index < -0.39 is 0 Å². The van der Waals surface area contributed by atoms with Gasteiger partial charge in [-0.2, -0.15) is 0 Å². The summed E-state index contributed by atoms with van der Waals surface area (Å²) in [4.78, 5) is 26.1. The molecule has 5 heteroatoms. The van der Waals surface area contributed by atoms with Crippen LogP contribution in [-0.2, 0) is 16.0 Å². The molecule has 1 atom stereocenters. The molecule has 5 nitrogen and oxygen atoms in total. The van der Waals surface area contributed by atoms with E-state index in [-0.39, 0.29) is 17.7 Å². The maximum atomic E-state index is 12.3. The smallest absolute Gasteiger partial charge is 0.227 e. The summed E-state index contributed by atoms with van der Waals surface area (Å²) in [6, 6.07) is 17.7. The zero-order valence-electron chi connectivity index (χ0n) is 15.7. The molecule has 0 aromatic heterocycles. The number of rotatable bonds is 8. The Balaban J connectivity index is 1.40. The van der Waals surface area contributed by atoms with E-state index >= 15 is 0 Å². The molecule has 1 unspecified atom stereocenters. The predicted molar refractivity (Wildman–Crippen MR) is 106 cm³/mol. The number of ether oxygens (including phenoxy) is 1. The maximum absolute atomic E-state index is 12.3. The van der Waals surface area contributed by atoms with E-state index in [1.807, 2.05) is 42.5 Å². The van der Waals surface area contributed by atoms with Crippen molar-refractivity contribution in [3.8, 4) is 5.75 Å². The summed E-state index contributed by atoms with van der Waals surface area (Å²) in [5.74, 6) is 1.08. The van der Waals surface area contributed by atoms with Crippen molar-refractivity contribution >= 4 is 17.5 Å². The van der Waals surface area contributed by atoms with Crippen molar-refractivity contribution in [3.05, 3.63) is 60.2 Å². The fourth-order valence-electron chi connectivity index (χ4n) is 3.37. The summed E-state index contributed by atoms with van der Waals surface area (Å²) in [7, 11) is 1.62. The molecule has 1 saturated heterocycles. The highest BCUT2D eigenvalue weighted by atomic mass is 16.5. The van der Waals surface area contributed by atoms with Gasteiger partial charge in [-0.25, -0.2) is 0 Å². The number of hydrogen-bond donors (Lipinski definition) is 1. The van der Waals surface area contributed by atoms with Gasteiger partial charge in [0.15, 0.2) is 0 Å². The van der Waals surface area contributed by atoms with Gasteiger partial charge in [0.1, 0.15) is 5.75 Å². The molecule has 1 N–H and O–H groups in total. The molecule has 0 aliphatic carbocycles. The number of hydrogen-bond acceptors (Lipinski definition) is 3. The standard InChI is InChI=1S/C22H26N2O3/c1-27-20-12-10-19(11-13-20)24-16-18(14-22(24)26)15-23-21(25)9-5-8-17-6-3-2-4-7-17/h2-4,6-7,10-13,18H,5,8-9,14-16H2,1H3,(H,23,25). The Labute approximate surface area is 160 Å². The molecule has 27 heavy (non-hydrogen) atoms. The Morgan fingerprint density at radius 1 is 1.15 bits per heavy atom. The zero-order valence-corrected chi connectivity index (χ0v) is 15.7. The molecule has 2 aromatic rings. The Morgan fingerprint density at radius 3 is 2.59 bits per heavy atom. The van der Waals surface area contributed by atoms with Crippen molar-refractivity contribution < 1.29 is 14.3 Å². The van der Waals surface area contributed by atoms with Crippen molar-refractivity contribution in [2.24, 2.45) is 5.92 Å². The Hall–Kier alpha value is -2.82. The van der Waals surface area contributed by atoms with Crippen LogP contribution in [0.25, 0.3) is 0 Å². The second-order valence-corrected chi connectivity index (χ2v) is 6.92. The summed E-state index contributed by atoms with van der Waals surface area (Å²) < 4.78 is 5.15. The molecule has 1 aliphatic heterocycles. The van der Waals surface area contributed by atoms with Crippen LogP contribution in [0, 0.1) is 5.92 Å². The lowest BCUT2D eigenvalue weighted by Gasteiger charge is -2.17. The molecule has 2 aromatic carbocycles. The molecule has 2 amide bonds. The van der Waals surface area contributed by atoms with Gasteiger partial charge in [0.2, 0.25) is 11.8 Å². The summed E-state index contributed by atoms with van der Waals surface area (Å²) in [5.41, 5.74) is 2.12. The summed E-state index contributed by atoms with van der Waals surface area (Å²) in [6.45, 7) is 1.18. The predicted octanol–water partition coefficient (Wildman–Crippen LogP) is 3.19. The highest BCUT2D eigenvalue weighted by Gasteiger charge is 2.30. The van der Waals surface area contributed by atoms with Crippen molar-refractivity contribution in [1.82, 2.24) is 5.32 Å². The molecule has 1 aliphatic rings. The van der Waals surface area contributed by atoms with Crippen LogP contribution in [0.15, 0.2) is 54.6 Å². The minimum atomic E-state index is 0.0567. The van der Waals surface area contributed by atoms with Crippen LogP contribution in [0.1, 0.15) is 24.8 Å². The Morgan fingerprint density at radius 2 is 1.89 bits per heavy atom. The third-order valence-electron chi connectivity index (χ3n) is 4.89. The van der Waals surface area contributed by atoms with Crippen LogP contribution in [0.5, 0.6) is 5.75 Å². The quantitative estimate of drug-likeness (QED) is 0.781. The number of nitrogens with one attached hydrogen (secondary N) is 1. The molecular weight excluding hydrogens is 340 g/mol. The number of carbonyl (C=O) groups excluding carboxylic acids is 2. The fraction of sp³-hybridized carbons (Fsp3) is 0.364. The second kappa shape index (κ2) is 9.21. The third kappa shape index (κ3) is 5.33. The first-order chi connectivity index (χ1) is 13.2. The van der Waals surface area contributed by atoms with Crippen LogP contribution < -0.4 is 15.0 Å². The third-order valence-corrected chi connectivity index (χ3v) is 4.89. The van der Waals surface area contributed by atoms with E-state index in [1.54, 1.807) is 12.0 Å². The average molecular weight is 366 g/mol. The van der Waals surface area contributed by atoms with Crippen LogP contribution in [0.4, 0.5) is 5.69 Å². The first-order valence-corrected chi connectivity index (χ1v) is 9.41. The van der Waals surface area contributed by atoms with Crippen molar-refractivity contribution in [2.45, 2.75) is 25.7 Å². The monoisotopic (exact) mass is 366 g/mol. The second-order valence-electron chi connectivity index (χ2n) is 6.92. The van der Waals surface area contributed by atoms with E-state index in [2.05, 4.69) is 17.4 Å². The van der Waals surface area contributed by atoms with Gasteiger partial charge in [0, 0.05) is 37.5 Å². The lowest BCUT2D eigenvalue weighted by atomic mass is 10.1. The van der Waals surface area contributed by atoms with Crippen molar-refractivity contribution in [1.29, 1.82) is 0 Å². The highest BCUT2D eigenvalue weighted by molar-refractivity contribution is 5.95. The normalized spacial score (nSPS) is 16.4. The molecule has 1 heterocycles. The van der Waals surface area contributed by atoms with Crippen LogP contribution in [0.2, 0.25) is 0 Å². The molecule has 0 spiro atoms. The Bertz CT molecular complexity index is 759. The summed E-state index contributed by atoms with van der Waals surface area (Å²) in [6.07, 6.45) is 2.72. The molecular formula is C22H26N2O3.